The van der Waals surface area contributed by atoms with Crippen LogP contribution in [0.25, 0.3) is 11.3 Å². The number of rotatable bonds is 4. The molecule has 1 aromatic carbocycles. The Labute approximate surface area is 154 Å². The Kier molecular flexibility index (Phi) is 3.67. The maximum atomic E-state index is 12.6. The molecule has 1 N–H and O–H groups in total. The Morgan fingerprint density at radius 3 is 2.93 bits per heavy atom. The van der Waals surface area contributed by atoms with E-state index in [-0.39, 0.29) is 18.8 Å². The van der Waals surface area contributed by atoms with Crippen LogP contribution in [-0.2, 0) is 0 Å². The van der Waals surface area contributed by atoms with E-state index < -0.39 is 0 Å². The van der Waals surface area contributed by atoms with E-state index >= 15 is 0 Å². The third-order valence-corrected chi connectivity index (χ3v) is 4.55. The van der Waals surface area contributed by atoms with Gasteiger partial charge < -0.3 is 19.1 Å². The number of nitrogens with zero attached hydrogens (tertiary/aromatic N) is 3. The Bertz CT molecular complexity index is 982. The first kappa shape index (κ1) is 15.7. The minimum Gasteiger partial charge on any atom is -0.485 e. The first-order valence-electron chi connectivity index (χ1n) is 8.58. The summed E-state index contributed by atoms with van der Waals surface area (Å²) in [5.41, 5.74) is 1.98. The van der Waals surface area contributed by atoms with Crippen molar-refractivity contribution < 1.29 is 19.0 Å². The van der Waals surface area contributed by atoms with Crippen molar-refractivity contribution >= 4 is 5.91 Å². The molecule has 3 aromatic rings. The van der Waals surface area contributed by atoms with Gasteiger partial charge >= 0.3 is 0 Å². The van der Waals surface area contributed by atoms with Crippen molar-refractivity contribution in [1.29, 1.82) is 0 Å². The highest BCUT2D eigenvalue weighted by atomic mass is 16.7. The zero-order chi connectivity index (χ0) is 18.2. The molecule has 0 saturated carbocycles. The lowest BCUT2D eigenvalue weighted by atomic mass is 10.1. The molecule has 5 rings (SSSR count). The zero-order valence-electron chi connectivity index (χ0n) is 14.3. The van der Waals surface area contributed by atoms with Crippen molar-refractivity contribution in [3.8, 4) is 28.5 Å². The van der Waals surface area contributed by atoms with Gasteiger partial charge in [0, 0.05) is 11.8 Å². The van der Waals surface area contributed by atoms with Crippen LogP contribution >= 0.6 is 0 Å². The van der Waals surface area contributed by atoms with Crippen LogP contribution in [0.2, 0.25) is 0 Å². The van der Waals surface area contributed by atoms with Gasteiger partial charge in [-0.2, -0.15) is 5.10 Å². The highest BCUT2D eigenvalue weighted by Crippen LogP contribution is 2.35. The monoisotopic (exact) mass is 364 g/mol. The van der Waals surface area contributed by atoms with Gasteiger partial charge in [0.25, 0.3) is 5.91 Å². The Hall–Kier alpha value is -3.55. The van der Waals surface area contributed by atoms with E-state index in [2.05, 4.69) is 15.2 Å². The number of hydrogen-bond donors (Lipinski definition) is 1. The third kappa shape index (κ3) is 2.95. The second kappa shape index (κ2) is 6.31. The molecule has 0 radical (unpaired) electrons. The van der Waals surface area contributed by atoms with Gasteiger partial charge in [-0.25, -0.2) is 0 Å². The van der Waals surface area contributed by atoms with Crippen molar-refractivity contribution in [3.63, 3.8) is 0 Å². The summed E-state index contributed by atoms with van der Waals surface area (Å²) in [7, 11) is 0. The van der Waals surface area contributed by atoms with Crippen molar-refractivity contribution in [2.24, 2.45) is 0 Å². The summed E-state index contributed by atoms with van der Waals surface area (Å²) < 4.78 is 16.5. The van der Waals surface area contributed by atoms with Crippen LogP contribution in [-0.4, -0.2) is 52.0 Å². The standard InChI is InChI=1S/C19H16N4O4/c24-19(23-9-14(10-23)27-13-2-1-5-20-8-13)16-7-15(21-22-16)12-3-4-17-18(6-12)26-11-25-17/h1-8,14H,9-11H2,(H,21,22). The summed E-state index contributed by atoms with van der Waals surface area (Å²) in [6, 6.07) is 11.0. The van der Waals surface area contributed by atoms with Crippen LogP contribution in [0.4, 0.5) is 0 Å². The van der Waals surface area contributed by atoms with Crippen molar-refractivity contribution in [3.05, 3.63) is 54.5 Å². The van der Waals surface area contributed by atoms with Gasteiger partial charge in [0.15, 0.2) is 11.5 Å². The van der Waals surface area contributed by atoms with Crippen LogP contribution in [0, 0.1) is 0 Å². The summed E-state index contributed by atoms with van der Waals surface area (Å²) in [5, 5.41) is 7.07. The average molecular weight is 364 g/mol. The van der Waals surface area contributed by atoms with E-state index in [0.29, 0.717) is 41.7 Å². The molecule has 0 aliphatic carbocycles. The average Bonchev–Trinajstić information content (AvgIpc) is 3.33. The van der Waals surface area contributed by atoms with Gasteiger partial charge in [0.05, 0.1) is 25.0 Å². The number of hydrogen-bond acceptors (Lipinski definition) is 6. The highest BCUT2D eigenvalue weighted by Gasteiger charge is 2.33. The number of benzene rings is 1. The quantitative estimate of drug-likeness (QED) is 0.763. The fourth-order valence-corrected chi connectivity index (χ4v) is 3.09. The number of nitrogens with one attached hydrogen (secondary N) is 1. The second-order valence-electron chi connectivity index (χ2n) is 6.37. The third-order valence-electron chi connectivity index (χ3n) is 4.55. The molecule has 2 aliphatic rings. The molecule has 2 aliphatic heterocycles. The molecule has 136 valence electrons. The molecule has 2 aromatic heterocycles. The van der Waals surface area contributed by atoms with Crippen LogP contribution in [0.15, 0.2) is 48.8 Å². The minimum atomic E-state index is -0.0967. The van der Waals surface area contributed by atoms with E-state index in [1.54, 1.807) is 23.4 Å². The maximum Gasteiger partial charge on any atom is 0.272 e. The number of carbonyl (C=O) groups is 1. The lowest BCUT2D eigenvalue weighted by Gasteiger charge is -2.38. The number of pyridine rings is 1. The van der Waals surface area contributed by atoms with Gasteiger partial charge in [0.1, 0.15) is 17.5 Å². The summed E-state index contributed by atoms with van der Waals surface area (Å²) >= 11 is 0. The lowest BCUT2D eigenvalue weighted by Crippen LogP contribution is -2.56. The zero-order valence-corrected chi connectivity index (χ0v) is 14.3. The van der Waals surface area contributed by atoms with E-state index in [1.165, 1.54) is 0 Å². The Morgan fingerprint density at radius 2 is 2.07 bits per heavy atom. The van der Waals surface area contributed by atoms with Gasteiger partial charge in [-0.3, -0.25) is 14.9 Å². The molecule has 1 fully saturated rings. The first-order chi connectivity index (χ1) is 13.3. The summed E-state index contributed by atoms with van der Waals surface area (Å²) in [6.45, 7) is 1.29. The highest BCUT2D eigenvalue weighted by molar-refractivity contribution is 5.94. The lowest BCUT2D eigenvalue weighted by molar-refractivity contribution is 0.0172. The maximum absolute atomic E-state index is 12.6. The molecule has 1 amide bonds. The molecule has 8 heteroatoms. The number of likely N-dealkylation sites (tertiary alicyclic amines) is 1. The van der Waals surface area contributed by atoms with E-state index in [9.17, 15) is 4.79 Å². The molecule has 0 spiro atoms. The fourth-order valence-electron chi connectivity index (χ4n) is 3.09. The van der Waals surface area contributed by atoms with Crippen molar-refractivity contribution in [2.75, 3.05) is 19.9 Å². The van der Waals surface area contributed by atoms with E-state index in [4.69, 9.17) is 14.2 Å². The first-order valence-corrected chi connectivity index (χ1v) is 8.58. The van der Waals surface area contributed by atoms with E-state index in [0.717, 1.165) is 5.56 Å². The van der Waals surface area contributed by atoms with E-state index in [1.807, 2.05) is 30.3 Å². The van der Waals surface area contributed by atoms with Crippen LogP contribution < -0.4 is 14.2 Å². The molecule has 1 saturated heterocycles. The smallest absolute Gasteiger partial charge is 0.272 e. The SMILES string of the molecule is O=C(c1cc(-c2ccc3c(c2)OCO3)n[nH]1)N1CC(Oc2cccnc2)C1. The number of ether oxygens (including phenoxy) is 3. The molecule has 8 nitrogen and oxygen atoms in total. The molecule has 0 bridgehead atoms. The van der Waals surface area contributed by atoms with Crippen LogP contribution in [0.5, 0.6) is 17.2 Å². The van der Waals surface area contributed by atoms with Crippen molar-refractivity contribution in [1.82, 2.24) is 20.1 Å². The Morgan fingerprint density at radius 1 is 1.19 bits per heavy atom. The second-order valence-corrected chi connectivity index (χ2v) is 6.37. The molecule has 0 atom stereocenters. The Balaban J connectivity index is 1.23. The number of aromatic nitrogens is 3. The molecule has 4 heterocycles. The topological polar surface area (TPSA) is 89.6 Å². The number of amides is 1. The predicted octanol–water partition coefficient (Wildman–Crippen LogP) is 2.10. The number of carbonyl (C=O) groups excluding carboxylic acids is 1. The summed E-state index contributed by atoms with van der Waals surface area (Å²) in [4.78, 5) is 18.3. The number of fused-ring (bicyclic) bond motifs is 1. The fraction of sp³-hybridized carbons (Fsp3) is 0.211. The predicted molar refractivity (Wildman–Crippen MR) is 94.7 cm³/mol. The minimum absolute atomic E-state index is 0.0191. The summed E-state index contributed by atoms with van der Waals surface area (Å²) in [5.74, 6) is 2.01. The molecular weight excluding hydrogens is 348 g/mol. The van der Waals surface area contributed by atoms with Gasteiger partial charge in [-0.05, 0) is 36.4 Å². The largest absolute Gasteiger partial charge is 0.485 e. The normalized spacial score (nSPS) is 15.5. The van der Waals surface area contributed by atoms with Crippen molar-refractivity contribution in [2.45, 2.75) is 6.10 Å². The number of aromatic amines is 1. The van der Waals surface area contributed by atoms with Crippen LogP contribution in [0.3, 0.4) is 0 Å². The van der Waals surface area contributed by atoms with Crippen LogP contribution in [0.1, 0.15) is 10.5 Å². The summed E-state index contributed by atoms with van der Waals surface area (Å²) in [6.07, 6.45) is 3.34. The van der Waals surface area contributed by atoms with Gasteiger partial charge in [-0.15, -0.1) is 0 Å². The van der Waals surface area contributed by atoms with Gasteiger partial charge in [0.2, 0.25) is 6.79 Å². The molecule has 27 heavy (non-hydrogen) atoms. The van der Waals surface area contributed by atoms with Gasteiger partial charge in [-0.1, -0.05) is 0 Å². The molecular formula is C19H16N4O4. The molecule has 0 unspecified atom stereocenters. The number of H-pyrrole nitrogens is 1.